The number of hydrogen-bond donors (Lipinski definition) is 2. The summed E-state index contributed by atoms with van der Waals surface area (Å²) < 4.78 is 1.56. The Balaban J connectivity index is 2.35. The van der Waals surface area contributed by atoms with Gasteiger partial charge in [-0.3, -0.25) is 4.79 Å². The first kappa shape index (κ1) is 13.6. The lowest BCUT2D eigenvalue weighted by atomic mass is 10.1. The third kappa shape index (κ3) is 3.33. The highest BCUT2D eigenvalue weighted by Crippen LogP contribution is 2.23. The van der Waals surface area contributed by atoms with Gasteiger partial charge in [0.25, 0.3) is 0 Å². The highest BCUT2D eigenvalue weighted by molar-refractivity contribution is 6.30. The number of anilines is 1. The average molecular weight is 280 g/mol. The summed E-state index contributed by atoms with van der Waals surface area (Å²) in [7, 11) is 0. The van der Waals surface area contributed by atoms with Gasteiger partial charge in [0, 0.05) is 23.6 Å². The van der Waals surface area contributed by atoms with Gasteiger partial charge in [-0.15, -0.1) is 0 Å². The highest BCUT2D eigenvalue weighted by Gasteiger charge is 2.10. The molecule has 5 nitrogen and oxygen atoms in total. The molecule has 0 radical (unpaired) electrons. The Morgan fingerprint density at radius 2 is 2.11 bits per heavy atom. The molecule has 2 aromatic rings. The fourth-order valence-electron chi connectivity index (χ4n) is 1.72. The molecule has 0 saturated carbocycles. The zero-order valence-corrected chi connectivity index (χ0v) is 11.2. The summed E-state index contributed by atoms with van der Waals surface area (Å²) in [5, 5.41) is 16.7. The van der Waals surface area contributed by atoms with E-state index in [-0.39, 0.29) is 12.5 Å². The van der Waals surface area contributed by atoms with Crippen LogP contribution in [0.25, 0.3) is 11.3 Å². The minimum atomic E-state index is -0.179. The number of aliphatic hydroxyl groups excluding tert-OH is 1. The van der Waals surface area contributed by atoms with Crippen molar-refractivity contribution in [1.82, 2.24) is 9.78 Å². The lowest BCUT2D eigenvalue weighted by Crippen LogP contribution is -2.13. The number of nitrogens with zero attached hydrogens (tertiary/aromatic N) is 2. The normalized spacial score (nSPS) is 10.5. The van der Waals surface area contributed by atoms with Crippen molar-refractivity contribution in [2.75, 3.05) is 11.9 Å². The summed E-state index contributed by atoms with van der Waals surface area (Å²) in [6.45, 7) is 1.70. The van der Waals surface area contributed by atoms with Crippen LogP contribution >= 0.6 is 11.6 Å². The summed E-state index contributed by atoms with van der Waals surface area (Å²) in [6.07, 6.45) is 0. The van der Waals surface area contributed by atoms with Crippen LogP contribution in [0.2, 0.25) is 5.02 Å². The van der Waals surface area contributed by atoms with Crippen molar-refractivity contribution < 1.29 is 9.90 Å². The molecule has 0 atom stereocenters. The lowest BCUT2D eigenvalue weighted by molar-refractivity contribution is -0.114. The maximum absolute atomic E-state index is 11.1. The fourth-order valence-corrected chi connectivity index (χ4v) is 1.85. The predicted octanol–water partition coefficient (Wildman–Crippen LogP) is 2.15. The van der Waals surface area contributed by atoms with Gasteiger partial charge in [0.2, 0.25) is 5.91 Å². The second-order valence-corrected chi connectivity index (χ2v) is 4.49. The smallest absolute Gasteiger partial charge is 0.222 e. The van der Waals surface area contributed by atoms with Crippen molar-refractivity contribution in [3.63, 3.8) is 0 Å². The van der Waals surface area contributed by atoms with Gasteiger partial charge in [-0.05, 0) is 12.1 Å². The highest BCUT2D eigenvalue weighted by atomic mass is 35.5. The molecule has 1 aromatic carbocycles. The number of amides is 1. The molecule has 19 heavy (non-hydrogen) atoms. The molecular weight excluding hydrogens is 266 g/mol. The Hall–Kier alpha value is -1.85. The molecule has 0 aliphatic heterocycles. The van der Waals surface area contributed by atoms with E-state index in [1.54, 1.807) is 22.9 Å². The minimum absolute atomic E-state index is 0.0473. The van der Waals surface area contributed by atoms with E-state index >= 15 is 0 Å². The van der Waals surface area contributed by atoms with Crippen molar-refractivity contribution in [2.45, 2.75) is 13.5 Å². The van der Waals surface area contributed by atoms with Gasteiger partial charge >= 0.3 is 0 Å². The van der Waals surface area contributed by atoms with Crippen molar-refractivity contribution >= 4 is 23.3 Å². The number of nitrogens with one attached hydrogen (secondary N) is 1. The van der Waals surface area contributed by atoms with Gasteiger partial charge < -0.3 is 10.4 Å². The molecule has 0 fully saturated rings. The second kappa shape index (κ2) is 5.86. The Kier molecular flexibility index (Phi) is 4.19. The number of halogens is 1. The molecular formula is C13H14ClN3O2. The quantitative estimate of drug-likeness (QED) is 0.901. The van der Waals surface area contributed by atoms with Crippen LogP contribution in [0.15, 0.2) is 30.3 Å². The Bertz CT molecular complexity index is 578. The summed E-state index contributed by atoms with van der Waals surface area (Å²) in [5.74, 6) is 0.383. The summed E-state index contributed by atoms with van der Waals surface area (Å²) in [5.41, 5.74) is 1.61. The summed E-state index contributed by atoms with van der Waals surface area (Å²) in [4.78, 5) is 11.1. The standard InChI is InChI=1S/C13H14ClN3O2/c1-9(19)15-13-8-12(16-17(13)6-7-18)10-2-4-11(14)5-3-10/h2-5,8,18H,6-7H2,1H3,(H,15,19). The minimum Gasteiger partial charge on any atom is -0.394 e. The molecule has 100 valence electrons. The molecule has 0 bridgehead atoms. The maximum Gasteiger partial charge on any atom is 0.222 e. The lowest BCUT2D eigenvalue weighted by Gasteiger charge is -2.04. The number of rotatable bonds is 4. The molecule has 0 spiro atoms. The average Bonchev–Trinajstić information content (AvgIpc) is 2.73. The Morgan fingerprint density at radius 3 is 2.68 bits per heavy atom. The number of benzene rings is 1. The molecule has 0 saturated heterocycles. The first-order valence-corrected chi connectivity index (χ1v) is 6.20. The topological polar surface area (TPSA) is 67.2 Å². The summed E-state index contributed by atoms with van der Waals surface area (Å²) >= 11 is 5.84. The van der Waals surface area contributed by atoms with E-state index in [0.29, 0.717) is 23.1 Å². The largest absolute Gasteiger partial charge is 0.394 e. The molecule has 1 heterocycles. The fraction of sp³-hybridized carbons (Fsp3) is 0.231. The number of aliphatic hydroxyl groups is 1. The van der Waals surface area contributed by atoms with Crippen LogP contribution in [-0.2, 0) is 11.3 Å². The van der Waals surface area contributed by atoms with Gasteiger partial charge in [-0.1, -0.05) is 23.7 Å². The Morgan fingerprint density at radius 1 is 1.42 bits per heavy atom. The van der Waals surface area contributed by atoms with Gasteiger partial charge in [0.1, 0.15) is 5.82 Å². The van der Waals surface area contributed by atoms with Crippen molar-refractivity contribution in [1.29, 1.82) is 0 Å². The second-order valence-electron chi connectivity index (χ2n) is 4.05. The number of hydrogen-bond acceptors (Lipinski definition) is 3. The van der Waals surface area contributed by atoms with Crippen LogP contribution in [0, 0.1) is 0 Å². The van der Waals surface area contributed by atoms with E-state index in [0.717, 1.165) is 5.56 Å². The molecule has 0 aliphatic carbocycles. The van der Waals surface area contributed by atoms with E-state index in [2.05, 4.69) is 10.4 Å². The van der Waals surface area contributed by atoms with Crippen LogP contribution in [-0.4, -0.2) is 27.4 Å². The molecule has 0 unspecified atom stereocenters. The summed E-state index contributed by atoms with van der Waals surface area (Å²) in [6, 6.07) is 9.03. The maximum atomic E-state index is 11.1. The van der Waals surface area contributed by atoms with E-state index < -0.39 is 0 Å². The molecule has 1 amide bonds. The first-order chi connectivity index (χ1) is 9.10. The van der Waals surface area contributed by atoms with Crippen molar-refractivity contribution in [2.24, 2.45) is 0 Å². The van der Waals surface area contributed by atoms with Gasteiger partial charge in [0.15, 0.2) is 0 Å². The third-order valence-corrected chi connectivity index (χ3v) is 2.79. The first-order valence-electron chi connectivity index (χ1n) is 5.82. The SMILES string of the molecule is CC(=O)Nc1cc(-c2ccc(Cl)cc2)nn1CCO. The van der Waals surface area contributed by atoms with E-state index in [4.69, 9.17) is 16.7 Å². The van der Waals surface area contributed by atoms with Gasteiger partial charge in [-0.2, -0.15) is 5.10 Å². The molecule has 2 rings (SSSR count). The number of carbonyl (C=O) groups excluding carboxylic acids is 1. The van der Waals surface area contributed by atoms with E-state index in [1.165, 1.54) is 6.92 Å². The van der Waals surface area contributed by atoms with Crippen molar-refractivity contribution in [3.05, 3.63) is 35.4 Å². The third-order valence-electron chi connectivity index (χ3n) is 2.54. The van der Waals surface area contributed by atoms with Crippen LogP contribution in [0.4, 0.5) is 5.82 Å². The molecule has 2 N–H and O–H groups in total. The number of carbonyl (C=O) groups is 1. The van der Waals surface area contributed by atoms with Crippen LogP contribution in [0.3, 0.4) is 0 Å². The molecule has 1 aromatic heterocycles. The zero-order chi connectivity index (χ0) is 13.8. The van der Waals surface area contributed by atoms with E-state index in [1.807, 2.05) is 12.1 Å². The van der Waals surface area contributed by atoms with E-state index in [9.17, 15) is 4.79 Å². The van der Waals surface area contributed by atoms with Crippen LogP contribution in [0.1, 0.15) is 6.92 Å². The Labute approximate surface area is 115 Å². The van der Waals surface area contributed by atoms with Crippen LogP contribution < -0.4 is 5.32 Å². The molecule has 6 heteroatoms. The van der Waals surface area contributed by atoms with Crippen molar-refractivity contribution in [3.8, 4) is 11.3 Å². The van der Waals surface area contributed by atoms with Gasteiger partial charge in [-0.25, -0.2) is 4.68 Å². The van der Waals surface area contributed by atoms with Crippen LogP contribution in [0.5, 0.6) is 0 Å². The predicted molar refractivity (Wildman–Crippen MR) is 74.1 cm³/mol. The molecule has 0 aliphatic rings. The van der Waals surface area contributed by atoms with Gasteiger partial charge in [0.05, 0.1) is 18.8 Å². The monoisotopic (exact) mass is 279 g/mol. The zero-order valence-electron chi connectivity index (χ0n) is 10.4. The number of aromatic nitrogens is 2.